The number of carbonyl (C=O) groups excluding carboxylic acids is 2. The highest BCUT2D eigenvalue weighted by atomic mass is 19.1. The van der Waals surface area contributed by atoms with E-state index in [4.69, 9.17) is 0 Å². The van der Waals surface area contributed by atoms with E-state index in [2.05, 4.69) is 23.3 Å². The number of rotatable bonds is 5. The van der Waals surface area contributed by atoms with Crippen molar-refractivity contribution in [1.82, 2.24) is 10.6 Å². The molecule has 0 saturated carbocycles. The lowest BCUT2D eigenvalue weighted by atomic mass is 9.84. The van der Waals surface area contributed by atoms with Crippen LogP contribution in [0.5, 0.6) is 0 Å². The van der Waals surface area contributed by atoms with Gasteiger partial charge < -0.3 is 10.6 Å². The van der Waals surface area contributed by atoms with Crippen molar-refractivity contribution in [2.45, 2.75) is 32.2 Å². The number of piperazine rings is 1. The van der Waals surface area contributed by atoms with Crippen molar-refractivity contribution in [1.29, 1.82) is 5.26 Å². The molecule has 2 aromatic rings. The number of hydrogen-bond acceptors (Lipinski definition) is 3. The van der Waals surface area contributed by atoms with Gasteiger partial charge in [-0.15, -0.1) is 0 Å². The molecular weight excluding hydrogens is 381 g/mol. The fourth-order valence-corrected chi connectivity index (χ4v) is 3.72. The van der Waals surface area contributed by atoms with E-state index in [1.54, 1.807) is 43.3 Å². The van der Waals surface area contributed by atoms with Gasteiger partial charge in [-0.05, 0) is 48.2 Å². The monoisotopic (exact) mass is 403 g/mol. The van der Waals surface area contributed by atoms with Gasteiger partial charge in [-0.2, -0.15) is 5.26 Å². The Hall–Kier alpha value is -3.72. The smallest absolute Gasteiger partial charge is 0.268 e. The van der Waals surface area contributed by atoms with Gasteiger partial charge in [-0.25, -0.2) is 4.39 Å². The molecule has 1 aliphatic heterocycles. The second-order valence-electron chi connectivity index (χ2n) is 7.23. The number of nitriles is 1. The lowest BCUT2D eigenvalue weighted by Crippen LogP contribution is -2.65. The molecule has 6 heteroatoms. The zero-order valence-electron chi connectivity index (χ0n) is 16.9. The van der Waals surface area contributed by atoms with E-state index in [1.165, 1.54) is 12.1 Å². The van der Waals surface area contributed by atoms with E-state index in [0.717, 1.165) is 5.56 Å². The molecule has 2 N–H and O–H groups in total. The summed E-state index contributed by atoms with van der Waals surface area (Å²) in [5, 5.41) is 15.1. The quantitative estimate of drug-likeness (QED) is 0.747. The minimum Gasteiger partial charge on any atom is -0.336 e. The van der Waals surface area contributed by atoms with Crippen molar-refractivity contribution in [3.63, 3.8) is 0 Å². The summed E-state index contributed by atoms with van der Waals surface area (Å²) in [7, 11) is 0. The lowest BCUT2D eigenvalue weighted by molar-refractivity contribution is -0.136. The van der Waals surface area contributed by atoms with Crippen molar-refractivity contribution in [2.24, 2.45) is 0 Å². The van der Waals surface area contributed by atoms with E-state index < -0.39 is 11.4 Å². The van der Waals surface area contributed by atoms with Crippen LogP contribution in [0.25, 0.3) is 11.6 Å². The van der Waals surface area contributed by atoms with E-state index >= 15 is 0 Å². The molecule has 30 heavy (non-hydrogen) atoms. The first-order valence-corrected chi connectivity index (χ1v) is 9.60. The molecule has 2 amide bonds. The van der Waals surface area contributed by atoms with E-state index in [0.29, 0.717) is 28.7 Å². The number of carbonyl (C=O) groups is 2. The van der Waals surface area contributed by atoms with Crippen LogP contribution in [0.1, 0.15) is 42.5 Å². The van der Waals surface area contributed by atoms with Crippen molar-refractivity contribution < 1.29 is 14.0 Å². The Bertz CT molecular complexity index is 1100. The summed E-state index contributed by atoms with van der Waals surface area (Å²) in [6.45, 7) is 7.27. The molecule has 1 saturated heterocycles. The van der Waals surface area contributed by atoms with Crippen LogP contribution in [-0.4, -0.2) is 17.4 Å². The maximum Gasteiger partial charge on any atom is 0.268 e. The van der Waals surface area contributed by atoms with E-state index in [-0.39, 0.29) is 23.8 Å². The Labute approximate surface area is 174 Å². The van der Waals surface area contributed by atoms with Gasteiger partial charge in [0.05, 0.1) is 11.6 Å². The highest BCUT2D eigenvalue weighted by Crippen LogP contribution is 2.29. The van der Waals surface area contributed by atoms with Crippen LogP contribution < -0.4 is 10.6 Å². The molecule has 1 atom stereocenters. The molecular formula is C24H22FN3O2. The van der Waals surface area contributed by atoms with Crippen molar-refractivity contribution in [2.75, 3.05) is 0 Å². The third-order valence-corrected chi connectivity index (χ3v) is 5.46. The van der Waals surface area contributed by atoms with Gasteiger partial charge >= 0.3 is 0 Å². The number of hydrogen-bond donors (Lipinski definition) is 2. The lowest BCUT2D eigenvalue weighted by Gasteiger charge is -2.37. The number of nitrogens with one attached hydrogen (secondary N) is 2. The maximum absolute atomic E-state index is 13.2. The summed E-state index contributed by atoms with van der Waals surface area (Å²) in [4.78, 5) is 26.1. The van der Waals surface area contributed by atoms with Crippen LogP contribution >= 0.6 is 0 Å². The van der Waals surface area contributed by atoms with Gasteiger partial charge in [0.25, 0.3) is 11.8 Å². The summed E-state index contributed by atoms with van der Waals surface area (Å²) in [6.07, 6.45) is 2.20. The van der Waals surface area contributed by atoms with E-state index in [1.807, 2.05) is 6.92 Å². The molecule has 5 nitrogen and oxygen atoms in total. The van der Waals surface area contributed by atoms with Gasteiger partial charge in [0, 0.05) is 12.0 Å². The molecule has 0 radical (unpaired) electrons. The van der Waals surface area contributed by atoms with Gasteiger partial charge in [-0.3, -0.25) is 9.59 Å². The first-order valence-electron chi connectivity index (χ1n) is 9.60. The molecule has 152 valence electrons. The van der Waals surface area contributed by atoms with E-state index in [9.17, 15) is 19.2 Å². The van der Waals surface area contributed by atoms with Crippen molar-refractivity contribution in [3.05, 3.63) is 82.8 Å². The SMILES string of the molecule is C=Cc1cccc(C#N)c1C(C)=C1NC(=O)C(CC)(Cc2ccc(F)cc2)NC1=O. The summed E-state index contributed by atoms with van der Waals surface area (Å²) < 4.78 is 13.2. The zero-order valence-corrected chi connectivity index (χ0v) is 16.9. The van der Waals surface area contributed by atoms with Crippen LogP contribution in [0.4, 0.5) is 4.39 Å². The second kappa shape index (κ2) is 8.34. The molecule has 1 fully saturated rings. The average Bonchev–Trinajstić information content (AvgIpc) is 2.76. The van der Waals surface area contributed by atoms with Gasteiger partial charge in [0.2, 0.25) is 0 Å². The second-order valence-corrected chi connectivity index (χ2v) is 7.23. The van der Waals surface area contributed by atoms with Crippen molar-refractivity contribution >= 4 is 23.5 Å². The molecule has 2 aromatic carbocycles. The molecule has 0 aliphatic carbocycles. The van der Waals surface area contributed by atoms with Crippen molar-refractivity contribution in [3.8, 4) is 6.07 Å². The third kappa shape index (κ3) is 3.74. The maximum atomic E-state index is 13.2. The molecule has 1 aliphatic rings. The Morgan fingerprint density at radius 3 is 2.53 bits per heavy atom. The summed E-state index contributed by atoms with van der Waals surface area (Å²) >= 11 is 0. The number of nitrogens with zero attached hydrogens (tertiary/aromatic N) is 1. The predicted molar refractivity (Wildman–Crippen MR) is 113 cm³/mol. The normalized spacial score (nSPS) is 20.1. The van der Waals surface area contributed by atoms with Crippen LogP contribution in [0.3, 0.4) is 0 Å². The minimum absolute atomic E-state index is 0.106. The summed E-state index contributed by atoms with van der Waals surface area (Å²) in [5.41, 5.74) is 1.82. The Balaban J connectivity index is 2.01. The predicted octanol–water partition coefficient (Wildman–Crippen LogP) is 3.71. The number of allylic oxidation sites excluding steroid dienone is 1. The molecule has 0 spiro atoms. The van der Waals surface area contributed by atoms with Crippen LogP contribution in [0.15, 0.2) is 54.7 Å². The fourth-order valence-electron chi connectivity index (χ4n) is 3.72. The van der Waals surface area contributed by atoms with Gasteiger partial charge in [0.15, 0.2) is 0 Å². The van der Waals surface area contributed by atoms with Gasteiger partial charge in [-0.1, -0.05) is 43.8 Å². The first kappa shape index (κ1) is 21.0. The first-order chi connectivity index (χ1) is 14.3. The molecule has 3 rings (SSSR count). The molecule has 0 bridgehead atoms. The Morgan fingerprint density at radius 1 is 1.23 bits per heavy atom. The van der Waals surface area contributed by atoms with Crippen LogP contribution in [0.2, 0.25) is 0 Å². The standard InChI is InChI=1S/C24H22FN3O2/c1-4-17-7-6-8-18(14-26)20(17)15(3)21-22(29)28-24(5-2,23(30)27-21)13-16-9-11-19(25)12-10-16/h4,6-12H,1,5,13H2,2-3H3,(H,27,30)(H,28,29). The molecule has 0 aromatic heterocycles. The van der Waals surface area contributed by atoms with Crippen LogP contribution in [0, 0.1) is 17.1 Å². The average molecular weight is 403 g/mol. The van der Waals surface area contributed by atoms with Gasteiger partial charge in [0.1, 0.15) is 17.1 Å². The zero-order chi connectivity index (χ0) is 21.9. The largest absolute Gasteiger partial charge is 0.336 e. The number of amides is 2. The fraction of sp³-hybridized carbons (Fsp3) is 0.208. The van der Waals surface area contributed by atoms with Crippen LogP contribution in [-0.2, 0) is 16.0 Å². The Morgan fingerprint density at radius 2 is 1.93 bits per heavy atom. The molecule has 1 unspecified atom stereocenters. The number of benzene rings is 2. The number of halogens is 1. The highest BCUT2D eigenvalue weighted by molar-refractivity contribution is 6.11. The topological polar surface area (TPSA) is 82.0 Å². The Kier molecular flexibility index (Phi) is 5.84. The molecule has 1 heterocycles. The summed E-state index contributed by atoms with van der Waals surface area (Å²) in [5.74, 6) is -1.15. The highest BCUT2D eigenvalue weighted by Gasteiger charge is 2.44. The minimum atomic E-state index is -1.14. The summed E-state index contributed by atoms with van der Waals surface area (Å²) in [6, 6.07) is 13.2. The third-order valence-electron chi connectivity index (χ3n) is 5.46.